The van der Waals surface area contributed by atoms with Crippen LogP contribution in [0.15, 0.2) is 53.8 Å². The molecule has 1 amide bonds. The van der Waals surface area contributed by atoms with Gasteiger partial charge in [0.2, 0.25) is 15.8 Å². The first-order valence-electron chi connectivity index (χ1n) is 13.6. The molecule has 2 aromatic heterocycles. The van der Waals surface area contributed by atoms with E-state index in [2.05, 4.69) is 25.3 Å². The van der Waals surface area contributed by atoms with Crippen molar-refractivity contribution in [1.82, 2.24) is 24.4 Å². The van der Waals surface area contributed by atoms with Gasteiger partial charge in [0, 0.05) is 36.7 Å². The molecule has 0 radical (unpaired) electrons. The molecule has 0 saturated carbocycles. The summed E-state index contributed by atoms with van der Waals surface area (Å²) in [5.41, 5.74) is 1.04. The van der Waals surface area contributed by atoms with Crippen LogP contribution in [0.25, 0.3) is 16.9 Å². The van der Waals surface area contributed by atoms with Crippen molar-refractivity contribution < 1.29 is 36.2 Å². The fraction of sp³-hybridized carbons (Fsp3) is 0.345. The van der Waals surface area contributed by atoms with Crippen LogP contribution in [0.3, 0.4) is 0 Å². The van der Waals surface area contributed by atoms with Crippen LogP contribution < -0.4 is 20.1 Å². The number of nitrogens with one attached hydrogen (secondary N) is 3. The van der Waals surface area contributed by atoms with E-state index in [0.717, 1.165) is 0 Å². The first-order valence-corrected chi connectivity index (χ1v) is 15.1. The van der Waals surface area contributed by atoms with E-state index in [1.807, 2.05) is 0 Å². The number of rotatable bonds is 12. The first-order chi connectivity index (χ1) is 20.8. The number of benzene rings is 2. The molecule has 2 heterocycles. The smallest absolute Gasteiger partial charge is 0.407 e. The average Bonchev–Trinajstić information content (AvgIpc) is 3.38. The zero-order chi connectivity index (χ0) is 32.1. The van der Waals surface area contributed by atoms with Gasteiger partial charge >= 0.3 is 6.09 Å². The standard InChI is InChI=1S/C29H34F2N6O6S/c1-18-16-19(6-9-23(18)44(39,40)35-12-15-42-14-11-33-28(38)43-29(2,3)4)36-26-27-34-17-21(37(27)13-10-32-26)20-7-8-22(41-5)25(31)24(20)30/h6-10,13,16-17,35H,11-12,14-15H2,1-5H3,(H,32,36)(H,33,38). The summed E-state index contributed by atoms with van der Waals surface area (Å²) in [5, 5.41) is 5.67. The zero-order valence-electron chi connectivity index (χ0n) is 24.9. The third-order valence-corrected chi connectivity index (χ3v) is 7.77. The summed E-state index contributed by atoms with van der Waals surface area (Å²) in [5.74, 6) is -2.06. The Morgan fingerprint density at radius 1 is 1.05 bits per heavy atom. The normalized spacial score (nSPS) is 11.9. The maximum absolute atomic E-state index is 14.8. The van der Waals surface area contributed by atoms with Gasteiger partial charge in [-0.05, 0) is 63.6 Å². The summed E-state index contributed by atoms with van der Waals surface area (Å²) in [6, 6.07) is 7.41. The van der Waals surface area contributed by atoms with Crippen LogP contribution in [0, 0.1) is 18.6 Å². The lowest BCUT2D eigenvalue weighted by Gasteiger charge is -2.19. The molecular weight excluding hydrogens is 598 g/mol. The molecule has 236 valence electrons. The monoisotopic (exact) mass is 632 g/mol. The van der Waals surface area contributed by atoms with E-state index in [-0.39, 0.29) is 42.5 Å². The summed E-state index contributed by atoms with van der Waals surface area (Å²) in [6.45, 7) is 7.46. The van der Waals surface area contributed by atoms with Crippen LogP contribution >= 0.6 is 0 Å². The fourth-order valence-electron chi connectivity index (χ4n) is 4.23. The van der Waals surface area contributed by atoms with E-state index in [1.165, 1.54) is 37.7 Å². The summed E-state index contributed by atoms with van der Waals surface area (Å²) in [7, 11) is -2.58. The molecule has 44 heavy (non-hydrogen) atoms. The Morgan fingerprint density at radius 3 is 2.50 bits per heavy atom. The number of hydrogen-bond donors (Lipinski definition) is 3. The first kappa shape index (κ1) is 32.6. The van der Waals surface area contributed by atoms with Crippen molar-refractivity contribution in [3.8, 4) is 17.0 Å². The number of ether oxygens (including phenoxy) is 3. The summed E-state index contributed by atoms with van der Waals surface area (Å²) < 4.78 is 74.3. The molecule has 4 rings (SSSR count). The lowest BCUT2D eigenvalue weighted by Crippen LogP contribution is -2.34. The number of fused-ring (bicyclic) bond motifs is 1. The Hall–Kier alpha value is -4.34. The van der Waals surface area contributed by atoms with E-state index in [1.54, 1.807) is 50.4 Å². The van der Waals surface area contributed by atoms with E-state index in [0.29, 0.717) is 28.4 Å². The number of alkyl carbamates (subject to hydrolysis) is 1. The Bertz CT molecular complexity index is 1760. The van der Waals surface area contributed by atoms with Gasteiger partial charge in [-0.1, -0.05) is 0 Å². The second-order valence-corrected chi connectivity index (χ2v) is 12.3. The molecule has 3 N–H and O–H groups in total. The second-order valence-electron chi connectivity index (χ2n) is 10.6. The topological polar surface area (TPSA) is 145 Å². The minimum atomic E-state index is -3.84. The van der Waals surface area contributed by atoms with E-state index in [9.17, 15) is 22.0 Å². The van der Waals surface area contributed by atoms with Gasteiger partial charge in [0.05, 0.1) is 37.1 Å². The van der Waals surface area contributed by atoms with Crippen molar-refractivity contribution in [1.29, 1.82) is 0 Å². The van der Waals surface area contributed by atoms with E-state index >= 15 is 0 Å². The Kier molecular flexibility index (Phi) is 10.0. The van der Waals surface area contributed by atoms with Crippen molar-refractivity contribution in [3.63, 3.8) is 0 Å². The Balaban J connectivity index is 1.37. The van der Waals surface area contributed by atoms with Gasteiger partial charge in [-0.15, -0.1) is 0 Å². The SMILES string of the molecule is COc1ccc(-c2cnc3c(Nc4ccc(S(=O)(=O)NCCOCCNC(=O)OC(C)(C)C)c(C)c4)nccn23)c(F)c1F. The van der Waals surface area contributed by atoms with Crippen LogP contribution in [-0.2, 0) is 19.5 Å². The number of carbonyl (C=O) groups is 1. The van der Waals surface area contributed by atoms with Crippen LogP contribution in [0.5, 0.6) is 5.75 Å². The number of aryl methyl sites for hydroxylation is 1. The van der Waals surface area contributed by atoms with E-state index < -0.39 is 33.4 Å². The molecule has 0 atom stereocenters. The highest BCUT2D eigenvalue weighted by molar-refractivity contribution is 7.89. The summed E-state index contributed by atoms with van der Waals surface area (Å²) >= 11 is 0. The number of nitrogens with zero attached hydrogens (tertiary/aromatic N) is 3. The maximum Gasteiger partial charge on any atom is 0.407 e. The van der Waals surface area contributed by atoms with Crippen molar-refractivity contribution in [2.24, 2.45) is 0 Å². The highest BCUT2D eigenvalue weighted by Gasteiger charge is 2.20. The number of anilines is 2. The van der Waals surface area contributed by atoms with Gasteiger partial charge in [0.1, 0.15) is 5.60 Å². The molecule has 4 aromatic rings. The third kappa shape index (κ3) is 7.78. The minimum absolute atomic E-state index is 0.00581. The minimum Gasteiger partial charge on any atom is -0.494 e. The zero-order valence-corrected chi connectivity index (χ0v) is 25.7. The summed E-state index contributed by atoms with van der Waals surface area (Å²) in [6.07, 6.45) is 3.89. The van der Waals surface area contributed by atoms with Gasteiger partial charge in [0.15, 0.2) is 23.0 Å². The molecule has 0 aliphatic carbocycles. The van der Waals surface area contributed by atoms with Crippen molar-refractivity contribution >= 4 is 33.3 Å². The quantitative estimate of drug-likeness (QED) is 0.192. The largest absolute Gasteiger partial charge is 0.494 e. The van der Waals surface area contributed by atoms with Crippen LogP contribution in [-0.4, -0.2) is 67.9 Å². The van der Waals surface area contributed by atoms with Crippen molar-refractivity contribution in [3.05, 3.63) is 66.1 Å². The number of sulfonamides is 1. The predicted molar refractivity (Wildman–Crippen MR) is 160 cm³/mol. The Morgan fingerprint density at radius 2 is 1.80 bits per heavy atom. The molecule has 0 aliphatic rings. The van der Waals surface area contributed by atoms with Gasteiger partial charge in [-0.25, -0.2) is 32.3 Å². The van der Waals surface area contributed by atoms with Crippen LogP contribution in [0.2, 0.25) is 0 Å². The fourth-order valence-corrected chi connectivity index (χ4v) is 5.46. The molecule has 0 aliphatic heterocycles. The molecule has 0 bridgehead atoms. The lowest BCUT2D eigenvalue weighted by atomic mass is 10.1. The van der Waals surface area contributed by atoms with Gasteiger partial charge < -0.3 is 24.8 Å². The number of amides is 1. The van der Waals surface area contributed by atoms with E-state index in [4.69, 9.17) is 14.2 Å². The molecule has 15 heteroatoms. The number of aromatic nitrogens is 3. The molecule has 12 nitrogen and oxygen atoms in total. The highest BCUT2D eigenvalue weighted by atomic mass is 32.2. The maximum atomic E-state index is 14.8. The second kappa shape index (κ2) is 13.5. The molecule has 0 saturated heterocycles. The average molecular weight is 633 g/mol. The van der Waals surface area contributed by atoms with Crippen molar-refractivity contribution in [2.45, 2.75) is 38.2 Å². The van der Waals surface area contributed by atoms with Crippen LogP contribution in [0.1, 0.15) is 26.3 Å². The molecule has 0 spiro atoms. The molecule has 0 unspecified atom stereocenters. The summed E-state index contributed by atoms with van der Waals surface area (Å²) in [4.78, 5) is 20.4. The van der Waals surface area contributed by atoms with Gasteiger partial charge in [-0.2, -0.15) is 4.39 Å². The van der Waals surface area contributed by atoms with Crippen LogP contribution in [0.4, 0.5) is 25.1 Å². The van der Waals surface area contributed by atoms with Gasteiger partial charge in [-0.3, -0.25) is 4.40 Å². The number of imidazole rings is 1. The number of carbonyl (C=O) groups excluding carboxylic acids is 1. The lowest BCUT2D eigenvalue weighted by molar-refractivity contribution is 0.0501. The number of hydrogen-bond acceptors (Lipinski definition) is 9. The molecule has 2 aromatic carbocycles. The predicted octanol–water partition coefficient (Wildman–Crippen LogP) is 4.55. The molecule has 0 fully saturated rings. The number of halogens is 2. The third-order valence-electron chi connectivity index (χ3n) is 6.15. The molecular formula is C29H34F2N6O6S. The number of methoxy groups -OCH3 is 1. The Labute approximate surface area is 253 Å². The van der Waals surface area contributed by atoms with Crippen molar-refractivity contribution in [2.75, 3.05) is 38.7 Å². The van der Waals surface area contributed by atoms with Gasteiger partial charge in [0.25, 0.3) is 0 Å². The highest BCUT2D eigenvalue weighted by Crippen LogP contribution is 2.31.